The fourth-order valence-electron chi connectivity index (χ4n) is 7.70. The first-order valence-electron chi connectivity index (χ1n) is 16.7. The molecule has 0 bridgehead atoms. The molecule has 0 unspecified atom stereocenters. The number of benzene rings is 4. The minimum atomic E-state index is -5.47. The second kappa shape index (κ2) is 14.2. The number of halogens is 2. The topological polar surface area (TPSA) is 29.1 Å². The van der Waals surface area contributed by atoms with Crippen LogP contribution in [0.15, 0.2) is 103 Å². The third-order valence-electron chi connectivity index (χ3n) is 9.95. The molecule has 229 valence electrons. The van der Waals surface area contributed by atoms with Crippen LogP contribution in [0.2, 0.25) is 0 Å². The van der Waals surface area contributed by atoms with Gasteiger partial charge in [-0.05, 0) is 0 Å². The third-order valence-corrected chi connectivity index (χ3v) is 44.7. The molecular formula is C38H44Cl2NOSiZr. The summed E-state index contributed by atoms with van der Waals surface area (Å²) in [4.78, 5) is 14.7. The first-order valence-corrected chi connectivity index (χ1v) is 31.4. The summed E-state index contributed by atoms with van der Waals surface area (Å²) in [6, 6.07) is 36.2. The average Bonchev–Trinajstić information content (AvgIpc) is 3.41. The molecule has 1 amide bonds. The van der Waals surface area contributed by atoms with Crippen LogP contribution >= 0.6 is 17.0 Å². The molecule has 4 aromatic rings. The van der Waals surface area contributed by atoms with Gasteiger partial charge in [0, 0.05) is 0 Å². The third kappa shape index (κ3) is 6.75. The maximum atomic E-state index is 14.7. The van der Waals surface area contributed by atoms with E-state index in [4.69, 9.17) is 17.0 Å². The Balaban J connectivity index is 1.49. The van der Waals surface area contributed by atoms with Gasteiger partial charge in [-0.2, -0.15) is 0 Å². The predicted octanol–water partition coefficient (Wildman–Crippen LogP) is 8.37. The number of hydrogen-bond acceptors (Lipinski definition) is 1. The standard InChI is InChI=1S/C13H25NO.C13H9.C12H11Si.2ClH.Zr/c14-13(15)12-10-8-6-4-2-1-3-5-7-9-11-12;1-3-7-12-10(5-1)9-11-6-2-4-8-13(11)12;1-3-7-11(8-4-1)13-12-9-5-2-6-10-12;;;/h12H,1-11H2,(H2,14,15);1-5,7-8H,9H2;1-10,13H;2*1H;/q;;;;;+3/p-3. The Morgan fingerprint density at radius 3 is 1.70 bits per heavy atom. The van der Waals surface area contributed by atoms with Gasteiger partial charge in [0.2, 0.25) is 0 Å². The van der Waals surface area contributed by atoms with Crippen molar-refractivity contribution in [1.82, 2.24) is 3.26 Å². The maximum absolute atomic E-state index is 14.7. The Morgan fingerprint density at radius 1 is 0.614 bits per heavy atom. The van der Waals surface area contributed by atoms with E-state index in [-0.39, 0.29) is 11.8 Å². The molecular weight excluding hydrogens is 677 g/mol. The van der Waals surface area contributed by atoms with Crippen molar-refractivity contribution in [3.63, 3.8) is 0 Å². The van der Waals surface area contributed by atoms with Gasteiger partial charge < -0.3 is 0 Å². The minimum absolute atomic E-state index is 0.0602. The van der Waals surface area contributed by atoms with Crippen molar-refractivity contribution in [3.05, 3.63) is 114 Å². The van der Waals surface area contributed by atoms with Gasteiger partial charge in [0.05, 0.1) is 0 Å². The van der Waals surface area contributed by atoms with Crippen LogP contribution in [0.25, 0.3) is 11.1 Å². The predicted molar refractivity (Wildman–Crippen MR) is 188 cm³/mol. The van der Waals surface area contributed by atoms with Crippen LogP contribution in [0, 0.1) is 5.92 Å². The quantitative estimate of drug-likeness (QED) is 0.176. The Morgan fingerprint density at radius 2 is 1.11 bits per heavy atom. The molecule has 0 heterocycles. The van der Waals surface area contributed by atoms with Gasteiger partial charge in [0.15, 0.2) is 0 Å². The van der Waals surface area contributed by atoms with Crippen molar-refractivity contribution in [1.29, 1.82) is 0 Å². The van der Waals surface area contributed by atoms with Crippen LogP contribution in [-0.4, -0.2) is 11.8 Å². The number of rotatable bonds is 6. The Kier molecular flexibility index (Phi) is 10.3. The van der Waals surface area contributed by atoms with Gasteiger partial charge in [-0.3, -0.25) is 0 Å². The van der Waals surface area contributed by atoms with Crippen LogP contribution in [0.3, 0.4) is 0 Å². The fourth-order valence-corrected chi connectivity index (χ4v) is 45.2. The van der Waals surface area contributed by atoms with Crippen LogP contribution in [0.4, 0.5) is 0 Å². The molecule has 6 heteroatoms. The van der Waals surface area contributed by atoms with Crippen molar-refractivity contribution in [2.45, 2.75) is 77.0 Å². The van der Waals surface area contributed by atoms with Crippen molar-refractivity contribution < 1.29 is 20.6 Å². The Labute approximate surface area is 272 Å². The molecule has 0 spiro atoms. The molecule has 0 radical (unpaired) electrons. The van der Waals surface area contributed by atoms with Crippen LogP contribution in [0.5, 0.6) is 0 Å². The molecule has 1 saturated carbocycles. The van der Waals surface area contributed by atoms with Crippen LogP contribution in [0.1, 0.15) is 81.8 Å². The van der Waals surface area contributed by atoms with Crippen LogP contribution in [-0.2, 0) is 27.1 Å². The molecule has 6 rings (SSSR count). The van der Waals surface area contributed by atoms with Gasteiger partial charge in [0.1, 0.15) is 0 Å². The summed E-state index contributed by atoms with van der Waals surface area (Å²) in [6.07, 6.45) is 13.6. The van der Waals surface area contributed by atoms with E-state index < -0.39 is 21.8 Å². The molecule has 44 heavy (non-hydrogen) atoms. The molecule has 0 aromatic heterocycles. The summed E-state index contributed by atoms with van der Waals surface area (Å²) in [5.74, 6) is -2.39. The Hall–Kier alpha value is -1.97. The van der Waals surface area contributed by atoms with E-state index >= 15 is 0 Å². The second-order valence-electron chi connectivity index (χ2n) is 12.9. The molecule has 2 aliphatic carbocycles. The monoisotopic (exact) mass is 718 g/mol. The van der Waals surface area contributed by atoms with Crippen molar-refractivity contribution in [2.24, 2.45) is 5.92 Å². The van der Waals surface area contributed by atoms with E-state index in [1.54, 1.807) is 0 Å². The van der Waals surface area contributed by atoms with E-state index in [0.29, 0.717) is 0 Å². The first kappa shape index (κ1) is 32.0. The SMILES string of the molecule is O=C([NH][Zr]([Cl])([Cl])([c]1cccc2c1Cc1ccccc1-2)[SiH](c1ccccc1)c1ccccc1)C1CCCCCCCCCCC1. The number of fused-ring (bicyclic) bond motifs is 3. The van der Waals surface area contributed by atoms with E-state index in [9.17, 15) is 4.79 Å². The van der Waals surface area contributed by atoms with Gasteiger partial charge in [-0.15, -0.1) is 0 Å². The average molecular weight is 721 g/mol. The summed E-state index contributed by atoms with van der Waals surface area (Å²) in [5.41, 5.74) is 4.95. The van der Waals surface area contributed by atoms with Gasteiger partial charge in [-0.25, -0.2) is 0 Å². The molecule has 0 atom stereocenters. The summed E-state index contributed by atoms with van der Waals surface area (Å²) in [5, 5.41) is 2.36. The van der Waals surface area contributed by atoms with Crippen LogP contribution < -0.4 is 16.9 Å². The number of carbonyl (C=O) groups excluding carboxylic acids is 1. The molecule has 1 fully saturated rings. The number of carbonyl (C=O) groups is 1. The molecule has 0 aliphatic heterocycles. The Bertz CT molecular complexity index is 1530. The van der Waals surface area contributed by atoms with Crippen molar-refractivity contribution in [2.75, 3.05) is 0 Å². The first-order chi connectivity index (χ1) is 21.4. The molecule has 4 aromatic carbocycles. The summed E-state index contributed by atoms with van der Waals surface area (Å²) < 4.78 is 4.71. The second-order valence-corrected chi connectivity index (χ2v) is 48.3. The van der Waals surface area contributed by atoms with Gasteiger partial charge in [0.25, 0.3) is 0 Å². The van der Waals surface area contributed by atoms with Gasteiger partial charge >= 0.3 is 275 Å². The number of hydrogen-bond donors (Lipinski definition) is 1. The zero-order valence-electron chi connectivity index (χ0n) is 25.6. The van der Waals surface area contributed by atoms with Gasteiger partial charge in [-0.1, -0.05) is 0 Å². The summed E-state index contributed by atoms with van der Waals surface area (Å²) in [7, 11) is 16.8. The van der Waals surface area contributed by atoms with E-state index in [1.807, 2.05) is 12.1 Å². The number of amides is 1. The van der Waals surface area contributed by atoms with Crippen molar-refractivity contribution >= 4 is 42.5 Å². The zero-order chi connectivity index (χ0) is 30.4. The van der Waals surface area contributed by atoms with E-state index in [0.717, 1.165) is 35.4 Å². The summed E-state index contributed by atoms with van der Waals surface area (Å²) in [6.45, 7) is 0. The normalized spacial score (nSPS) is 17.4. The van der Waals surface area contributed by atoms with Crippen molar-refractivity contribution in [3.8, 4) is 11.1 Å². The van der Waals surface area contributed by atoms with E-state index in [1.165, 1.54) is 77.6 Å². The molecule has 0 saturated heterocycles. The molecule has 2 aliphatic rings. The number of nitrogens with one attached hydrogen (secondary N) is 1. The molecule has 1 N–H and O–H groups in total. The molecule has 2 nitrogen and oxygen atoms in total. The van der Waals surface area contributed by atoms with E-state index in [2.05, 4.69) is 94.3 Å². The fraction of sp³-hybridized carbons (Fsp3) is 0.342. The summed E-state index contributed by atoms with van der Waals surface area (Å²) >= 11 is -5.47. The zero-order valence-corrected chi connectivity index (χ0v) is 30.7.